The van der Waals surface area contributed by atoms with Gasteiger partial charge in [0.2, 0.25) is 11.8 Å². The number of nitrogens with zero attached hydrogens (tertiary/aromatic N) is 1. The van der Waals surface area contributed by atoms with Gasteiger partial charge in [0.15, 0.2) is 0 Å². The lowest BCUT2D eigenvalue weighted by molar-refractivity contribution is -0.197. The van der Waals surface area contributed by atoms with Crippen molar-refractivity contribution >= 4 is 17.8 Å². The summed E-state index contributed by atoms with van der Waals surface area (Å²) in [4.78, 5) is 31.1. The van der Waals surface area contributed by atoms with Crippen LogP contribution in [-0.2, 0) is 14.4 Å². The monoisotopic (exact) mass is 227 g/mol. The van der Waals surface area contributed by atoms with Crippen LogP contribution in [0.2, 0.25) is 0 Å². The molecular formula is C7H8F3NO4. The molecule has 0 heterocycles. The van der Waals surface area contributed by atoms with Gasteiger partial charge in [-0.15, -0.1) is 0 Å². The third-order valence-electron chi connectivity index (χ3n) is 1.54. The number of aliphatic carboxylic acids is 1. The minimum absolute atomic E-state index is 0.612. The number of carboxylic acids is 1. The van der Waals surface area contributed by atoms with E-state index in [1.165, 1.54) is 0 Å². The SMILES string of the molecule is CC(=O)N(C(C)=O)C(F)(C(=O)O)C(F)F. The molecule has 0 saturated carbocycles. The summed E-state index contributed by atoms with van der Waals surface area (Å²) in [5.74, 6) is -9.74. The molecule has 0 aromatic rings. The number of amides is 2. The van der Waals surface area contributed by atoms with Gasteiger partial charge < -0.3 is 5.11 Å². The van der Waals surface area contributed by atoms with Crippen LogP contribution in [-0.4, -0.2) is 40.0 Å². The molecule has 0 aliphatic carbocycles. The van der Waals surface area contributed by atoms with Crippen LogP contribution in [0.4, 0.5) is 13.2 Å². The maximum atomic E-state index is 13.3. The highest BCUT2D eigenvalue weighted by Gasteiger charge is 2.57. The van der Waals surface area contributed by atoms with Gasteiger partial charge in [0.1, 0.15) is 0 Å². The van der Waals surface area contributed by atoms with Crippen LogP contribution >= 0.6 is 0 Å². The van der Waals surface area contributed by atoms with Crippen LogP contribution in [0.3, 0.4) is 0 Å². The molecule has 8 heteroatoms. The zero-order valence-corrected chi connectivity index (χ0v) is 7.83. The maximum Gasteiger partial charge on any atom is 0.369 e. The van der Waals surface area contributed by atoms with E-state index in [9.17, 15) is 27.6 Å². The third kappa shape index (κ3) is 2.25. The predicted octanol–water partition coefficient (Wildman–Crippen LogP) is 0.397. The highest BCUT2D eigenvalue weighted by atomic mass is 19.3. The number of carbonyl (C=O) groups is 3. The van der Waals surface area contributed by atoms with Gasteiger partial charge in [-0.1, -0.05) is 0 Å². The van der Waals surface area contributed by atoms with E-state index >= 15 is 0 Å². The van der Waals surface area contributed by atoms with Crippen LogP contribution in [0.15, 0.2) is 0 Å². The van der Waals surface area contributed by atoms with Gasteiger partial charge in [0, 0.05) is 13.8 Å². The molecule has 2 amide bonds. The molecule has 0 radical (unpaired) electrons. The fourth-order valence-corrected chi connectivity index (χ4v) is 0.967. The lowest BCUT2D eigenvalue weighted by Gasteiger charge is -2.29. The van der Waals surface area contributed by atoms with E-state index in [0.717, 1.165) is 0 Å². The molecule has 0 aliphatic rings. The predicted molar refractivity (Wildman–Crippen MR) is 40.7 cm³/mol. The number of hydrogen-bond acceptors (Lipinski definition) is 3. The molecule has 86 valence electrons. The van der Waals surface area contributed by atoms with Crippen molar-refractivity contribution in [2.75, 3.05) is 0 Å². The Morgan fingerprint density at radius 2 is 1.53 bits per heavy atom. The van der Waals surface area contributed by atoms with Crippen molar-refractivity contribution in [3.8, 4) is 0 Å². The van der Waals surface area contributed by atoms with Gasteiger partial charge in [0.25, 0.3) is 0 Å². The van der Waals surface area contributed by atoms with Gasteiger partial charge >= 0.3 is 18.2 Å². The molecule has 0 bridgehead atoms. The van der Waals surface area contributed by atoms with E-state index in [-0.39, 0.29) is 0 Å². The summed E-state index contributed by atoms with van der Waals surface area (Å²) in [5, 5.41) is 8.27. The van der Waals surface area contributed by atoms with Crippen molar-refractivity contribution in [2.24, 2.45) is 0 Å². The second-order valence-corrected chi connectivity index (χ2v) is 2.65. The summed E-state index contributed by atoms with van der Waals surface area (Å²) in [6.45, 7) is 1.22. The largest absolute Gasteiger partial charge is 0.477 e. The summed E-state index contributed by atoms with van der Waals surface area (Å²) in [5.41, 5.74) is 0. The Kier molecular flexibility index (Phi) is 3.83. The van der Waals surface area contributed by atoms with Crippen molar-refractivity contribution in [1.82, 2.24) is 4.90 Å². The number of hydrogen-bond donors (Lipinski definition) is 1. The number of carboxylic acid groups (broad SMARTS) is 1. The van der Waals surface area contributed by atoms with Gasteiger partial charge in [-0.05, 0) is 0 Å². The van der Waals surface area contributed by atoms with E-state index in [1.54, 1.807) is 0 Å². The highest BCUT2D eigenvalue weighted by Crippen LogP contribution is 2.26. The first-order valence-electron chi connectivity index (χ1n) is 3.67. The van der Waals surface area contributed by atoms with E-state index in [2.05, 4.69) is 0 Å². The van der Waals surface area contributed by atoms with Crippen molar-refractivity contribution in [3.05, 3.63) is 0 Å². The van der Waals surface area contributed by atoms with Crippen LogP contribution in [0.5, 0.6) is 0 Å². The molecular weight excluding hydrogens is 219 g/mol. The van der Waals surface area contributed by atoms with E-state index in [1.807, 2.05) is 0 Å². The van der Waals surface area contributed by atoms with E-state index in [4.69, 9.17) is 5.11 Å². The Balaban J connectivity index is 5.49. The Hall–Kier alpha value is -1.60. The molecule has 0 aliphatic heterocycles. The molecule has 15 heavy (non-hydrogen) atoms. The number of imide groups is 1. The van der Waals surface area contributed by atoms with E-state index in [0.29, 0.717) is 13.8 Å². The molecule has 1 N–H and O–H groups in total. The second kappa shape index (κ2) is 4.28. The van der Waals surface area contributed by atoms with Crippen LogP contribution < -0.4 is 0 Å². The summed E-state index contributed by atoms with van der Waals surface area (Å²) >= 11 is 0. The Morgan fingerprint density at radius 3 is 1.60 bits per heavy atom. The molecule has 0 rings (SSSR count). The van der Waals surface area contributed by atoms with Gasteiger partial charge in [-0.25, -0.2) is 18.5 Å². The van der Waals surface area contributed by atoms with Crippen LogP contribution in [0.1, 0.15) is 13.8 Å². The van der Waals surface area contributed by atoms with Crippen molar-refractivity contribution in [2.45, 2.75) is 26.1 Å². The number of alkyl halides is 3. The first kappa shape index (κ1) is 13.4. The molecule has 0 saturated heterocycles. The second-order valence-electron chi connectivity index (χ2n) is 2.65. The number of rotatable bonds is 3. The first-order chi connectivity index (χ1) is 6.65. The van der Waals surface area contributed by atoms with Crippen LogP contribution in [0.25, 0.3) is 0 Å². The summed E-state index contributed by atoms with van der Waals surface area (Å²) in [7, 11) is 0. The zero-order chi connectivity index (χ0) is 12.4. The normalized spacial score (nSPS) is 14.5. The molecule has 5 nitrogen and oxygen atoms in total. The first-order valence-corrected chi connectivity index (χ1v) is 3.67. The highest BCUT2D eigenvalue weighted by molar-refractivity contribution is 5.98. The number of carbonyl (C=O) groups excluding carboxylic acids is 2. The summed E-state index contributed by atoms with van der Waals surface area (Å²) in [6, 6.07) is 0. The molecule has 0 spiro atoms. The minimum Gasteiger partial charge on any atom is -0.477 e. The fraction of sp³-hybridized carbons (Fsp3) is 0.571. The van der Waals surface area contributed by atoms with Crippen molar-refractivity contribution < 1.29 is 32.7 Å². The average molecular weight is 227 g/mol. The van der Waals surface area contributed by atoms with Gasteiger partial charge in [-0.2, -0.15) is 4.39 Å². The topological polar surface area (TPSA) is 74.7 Å². The lowest BCUT2D eigenvalue weighted by Crippen LogP contribution is -2.59. The average Bonchev–Trinajstić information content (AvgIpc) is 2.01. The van der Waals surface area contributed by atoms with Crippen LogP contribution in [0, 0.1) is 0 Å². The molecule has 0 aromatic carbocycles. The third-order valence-corrected chi connectivity index (χ3v) is 1.54. The van der Waals surface area contributed by atoms with E-state index < -0.39 is 34.9 Å². The minimum atomic E-state index is -4.32. The molecule has 1 unspecified atom stereocenters. The maximum absolute atomic E-state index is 13.3. The smallest absolute Gasteiger partial charge is 0.369 e. The molecule has 0 fully saturated rings. The Bertz CT molecular complexity index is 293. The summed E-state index contributed by atoms with van der Waals surface area (Å²) < 4.78 is 37.7. The molecule has 0 aromatic heterocycles. The van der Waals surface area contributed by atoms with Crippen molar-refractivity contribution in [1.29, 1.82) is 0 Å². The zero-order valence-electron chi connectivity index (χ0n) is 7.83. The summed E-state index contributed by atoms with van der Waals surface area (Å²) in [6.07, 6.45) is -4.03. The standard InChI is InChI=1S/C7H8F3NO4/c1-3(12)11(4(2)13)7(10,5(8)9)6(14)15/h5H,1-2H3,(H,14,15). The van der Waals surface area contributed by atoms with Crippen molar-refractivity contribution in [3.63, 3.8) is 0 Å². The van der Waals surface area contributed by atoms with Gasteiger partial charge in [0.05, 0.1) is 0 Å². The Morgan fingerprint density at radius 1 is 1.20 bits per heavy atom. The lowest BCUT2D eigenvalue weighted by atomic mass is 10.2. The quantitative estimate of drug-likeness (QED) is 0.708. The number of halogens is 3. The van der Waals surface area contributed by atoms with Gasteiger partial charge in [-0.3, -0.25) is 9.59 Å². The fourth-order valence-electron chi connectivity index (χ4n) is 0.967. The Labute approximate surface area is 82.5 Å². The molecule has 1 atom stereocenters.